The smallest absolute Gasteiger partial charge is 0.261 e. The molecule has 5 rings (SSSR count). The molecule has 0 spiro atoms. The molecule has 142 valence electrons. The Balaban J connectivity index is 1.33. The van der Waals surface area contributed by atoms with Gasteiger partial charge in [-0.15, -0.1) is 0 Å². The normalized spacial score (nSPS) is 25.3. The molecule has 2 aromatic carbocycles. The SMILES string of the molecule is O=C(NC1C2CCCCC21)c1ccc2c(c1)C(=O)N(Cc1ccccc1)C2=O. The van der Waals surface area contributed by atoms with E-state index in [2.05, 4.69) is 5.32 Å². The molecule has 1 aliphatic heterocycles. The maximum Gasteiger partial charge on any atom is 0.261 e. The lowest BCUT2D eigenvalue weighted by Gasteiger charge is -2.13. The minimum absolute atomic E-state index is 0.149. The van der Waals surface area contributed by atoms with Crippen molar-refractivity contribution in [3.63, 3.8) is 0 Å². The molecule has 0 saturated heterocycles. The van der Waals surface area contributed by atoms with Gasteiger partial charge in [0.15, 0.2) is 0 Å². The second-order valence-electron chi connectivity index (χ2n) is 8.05. The number of hydrogen-bond donors (Lipinski definition) is 1. The summed E-state index contributed by atoms with van der Waals surface area (Å²) in [4.78, 5) is 39.4. The fraction of sp³-hybridized carbons (Fsp3) is 0.348. The Morgan fingerprint density at radius 2 is 1.61 bits per heavy atom. The first-order valence-corrected chi connectivity index (χ1v) is 9.98. The van der Waals surface area contributed by atoms with Gasteiger partial charge in [0, 0.05) is 11.6 Å². The molecule has 28 heavy (non-hydrogen) atoms. The van der Waals surface area contributed by atoms with Gasteiger partial charge in [-0.2, -0.15) is 0 Å². The third-order valence-corrected chi connectivity index (χ3v) is 6.37. The van der Waals surface area contributed by atoms with Crippen molar-refractivity contribution in [2.24, 2.45) is 11.8 Å². The number of hydrogen-bond acceptors (Lipinski definition) is 3. The standard InChI is InChI=1S/C23H22N2O3/c26-21(24-20-16-8-4-5-9-17(16)20)15-10-11-18-19(12-15)23(28)25(22(18)27)13-14-6-2-1-3-7-14/h1-3,6-7,10-12,16-17,20H,4-5,8-9,13H2,(H,24,26). The Morgan fingerprint density at radius 3 is 2.32 bits per heavy atom. The molecule has 5 nitrogen and oxygen atoms in total. The molecule has 2 unspecified atom stereocenters. The van der Waals surface area contributed by atoms with Crippen molar-refractivity contribution >= 4 is 17.7 Å². The lowest BCUT2D eigenvalue weighted by atomic mass is 10.0. The highest BCUT2D eigenvalue weighted by molar-refractivity contribution is 6.22. The Labute approximate surface area is 163 Å². The number of nitrogens with zero attached hydrogens (tertiary/aromatic N) is 1. The number of fused-ring (bicyclic) bond motifs is 2. The van der Waals surface area contributed by atoms with Crippen LogP contribution in [0.15, 0.2) is 48.5 Å². The van der Waals surface area contributed by atoms with Crippen LogP contribution < -0.4 is 5.32 Å². The average Bonchev–Trinajstić information content (AvgIpc) is 3.38. The van der Waals surface area contributed by atoms with Crippen LogP contribution in [-0.2, 0) is 6.54 Å². The number of amides is 3. The summed E-state index contributed by atoms with van der Waals surface area (Å²) in [7, 11) is 0. The highest BCUT2D eigenvalue weighted by Crippen LogP contribution is 2.49. The van der Waals surface area contributed by atoms with E-state index in [0.29, 0.717) is 28.5 Å². The summed E-state index contributed by atoms with van der Waals surface area (Å²) in [6.07, 6.45) is 4.89. The number of carbonyl (C=O) groups excluding carboxylic acids is 3. The summed E-state index contributed by atoms with van der Waals surface area (Å²) in [5.74, 6) is 0.458. The second kappa shape index (κ2) is 6.59. The Bertz CT molecular complexity index is 957. The number of benzene rings is 2. The minimum Gasteiger partial charge on any atom is -0.349 e. The van der Waals surface area contributed by atoms with Gasteiger partial charge in [-0.25, -0.2) is 0 Å². The zero-order valence-electron chi connectivity index (χ0n) is 15.6. The van der Waals surface area contributed by atoms with Gasteiger partial charge in [-0.3, -0.25) is 19.3 Å². The van der Waals surface area contributed by atoms with E-state index in [9.17, 15) is 14.4 Å². The quantitative estimate of drug-likeness (QED) is 0.834. The van der Waals surface area contributed by atoms with Crippen molar-refractivity contribution in [1.29, 1.82) is 0 Å². The Kier molecular flexibility index (Phi) is 4.04. The summed E-state index contributed by atoms with van der Waals surface area (Å²) < 4.78 is 0. The van der Waals surface area contributed by atoms with Crippen molar-refractivity contribution in [3.05, 3.63) is 70.8 Å². The van der Waals surface area contributed by atoms with E-state index in [0.717, 1.165) is 5.56 Å². The second-order valence-corrected chi connectivity index (χ2v) is 8.05. The van der Waals surface area contributed by atoms with Crippen LogP contribution in [0.25, 0.3) is 0 Å². The third kappa shape index (κ3) is 2.82. The van der Waals surface area contributed by atoms with E-state index in [4.69, 9.17) is 0 Å². The lowest BCUT2D eigenvalue weighted by Crippen LogP contribution is -2.29. The number of rotatable bonds is 4. The summed E-state index contributed by atoms with van der Waals surface area (Å²) in [6, 6.07) is 14.5. The molecule has 3 amide bonds. The first-order valence-electron chi connectivity index (χ1n) is 9.98. The predicted molar refractivity (Wildman–Crippen MR) is 104 cm³/mol. The van der Waals surface area contributed by atoms with E-state index in [1.54, 1.807) is 18.2 Å². The van der Waals surface area contributed by atoms with Crippen LogP contribution in [0, 0.1) is 11.8 Å². The third-order valence-electron chi connectivity index (χ3n) is 6.37. The van der Waals surface area contributed by atoms with E-state index < -0.39 is 0 Å². The summed E-state index contributed by atoms with van der Waals surface area (Å²) in [5, 5.41) is 3.13. The molecular weight excluding hydrogens is 352 g/mol. The molecule has 2 atom stereocenters. The van der Waals surface area contributed by atoms with Crippen LogP contribution in [0.2, 0.25) is 0 Å². The fourth-order valence-electron chi connectivity index (χ4n) is 4.78. The van der Waals surface area contributed by atoms with Gasteiger partial charge in [0.05, 0.1) is 17.7 Å². The molecule has 0 radical (unpaired) electrons. The average molecular weight is 374 g/mol. The first kappa shape index (κ1) is 17.2. The van der Waals surface area contributed by atoms with Gasteiger partial charge >= 0.3 is 0 Å². The molecule has 0 bridgehead atoms. The van der Waals surface area contributed by atoms with Crippen molar-refractivity contribution in [2.75, 3.05) is 0 Å². The van der Waals surface area contributed by atoms with Crippen molar-refractivity contribution < 1.29 is 14.4 Å². The molecule has 5 heteroatoms. The van der Waals surface area contributed by atoms with Gasteiger partial charge < -0.3 is 5.32 Å². The number of imide groups is 1. The summed E-state index contributed by atoms with van der Waals surface area (Å²) in [5.41, 5.74) is 2.04. The van der Waals surface area contributed by atoms with Crippen molar-refractivity contribution in [2.45, 2.75) is 38.3 Å². The van der Waals surface area contributed by atoms with E-state index in [-0.39, 0.29) is 30.3 Å². The zero-order chi connectivity index (χ0) is 19.3. The van der Waals surface area contributed by atoms with Gasteiger partial charge in [0.1, 0.15) is 0 Å². The van der Waals surface area contributed by atoms with Gasteiger partial charge in [-0.1, -0.05) is 43.2 Å². The first-order chi connectivity index (χ1) is 13.6. The molecule has 2 aromatic rings. The number of carbonyl (C=O) groups is 3. The van der Waals surface area contributed by atoms with Gasteiger partial charge in [-0.05, 0) is 48.4 Å². The Morgan fingerprint density at radius 1 is 0.929 bits per heavy atom. The van der Waals surface area contributed by atoms with Crippen LogP contribution in [0.3, 0.4) is 0 Å². The predicted octanol–water partition coefficient (Wildman–Crippen LogP) is 3.40. The molecule has 3 aliphatic rings. The minimum atomic E-state index is -0.335. The van der Waals surface area contributed by atoms with Crippen molar-refractivity contribution in [1.82, 2.24) is 10.2 Å². The van der Waals surface area contributed by atoms with Crippen LogP contribution >= 0.6 is 0 Å². The Hall–Kier alpha value is -2.95. The van der Waals surface area contributed by atoms with Crippen LogP contribution in [-0.4, -0.2) is 28.7 Å². The highest BCUT2D eigenvalue weighted by atomic mass is 16.2. The monoisotopic (exact) mass is 374 g/mol. The number of nitrogens with one attached hydrogen (secondary N) is 1. The summed E-state index contributed by atoms with van der Waals surface area (Å²) >= 11 is 0. The molecule has 2 aliphatic carbocycles. The molecule has 0 aromatic heterocycles. The van der Waals surface area contributed by atoms with E-state index >= 15 is 0 Å². The largest absolute Gasteiger partial charge is 0.349 e. The fourth-order valence-corrected chi connectivity index (χ4v) is 4.78. The van der Waals surface area contributed by atoms with Crippen LogP contribution in [0.4, 0.5) is 0 Å². The topological polar surface area (TPSA) is 66.5 Å². The molecule has 1 heterocycles. The van der Waals surface area contributed by atoms with Crippen LogP contribution in [0.1, 0.15) is 62.3 Å². The maximum absolute atomic E-state index is 12.8. The lowest BCUT2D eigenvalue weighted by molar-refractivity contribution is 0.0642. The maximum atomic E-state index is 12.8. The molecule has 1 N–H and O–H groups in total. The van der Waals surface area contributed by atoms with Crippen LogP contribution in [0.5, 0.6) is 0 Å². The van der Waals surface area contributed by atoms with E-state index in [1.165, 1.54) is 30.6 Å². The van der Waals surface area contributed by atoms with E-state index in [1.807, 2.05) is 30.3 Å². The zero-order valence-corrected chi connectivity index (χ0v) is 15.6. The van der Waals surface area contributed by atoms with Gasteiger partial charge in [0.2, 0.25) is 0 Å². The summed E-state index contributed by atoms with van der Waals surface area (Å²) in [6.45, 7) is 0.236. The van der Waals surface area contributed by atoms with Crippen molar-refractivity contribution in [3.8, 4) is 0 Å². The van der Waals surface area contributed by atoms with Gasteiger partial charge in [0.25, 0.3) is 17.7 Å². The molecule has 2 saturated carbocycles. The molecular formula is C23H22N2O3. The highest BCUT2D eigenvalue weighted by Gasteiger charge is 2.51. The molecule has 2 fully saturated rings.